The molecule has 0 aliphatic heterocycles. The standard InChI is InChI=1S/C23H42NO3P/c1-7-10-12-19(9-3)18-24-22(28(25,26)27-17-11-8-2)20-13-15-21(16-14-20)23(4,5)6/h13-16,19,22,24H,7-12,17-18H2,1-6H3,(H,25,26). The normalized spacial score (nSPS) is 16.5. The average Bonchev–Trinajstić information content (AvgIpc) is 2.64. The highest BCUT2D eigenvalue weighted by atomic mass is 31.2. The molecule has 2 N–H and O–H groups in total. The minimum absolute atomic E-state index is 0.0510. The molecule has 3 unspecified atom stereocenters. The van der Waals surface area contributed by atoms with Gasteiger partial charge in [-0.1, -0.05) is 91.5 Å². The number of hydrogen-bond donors (Lipinski definition) is 2. The maximum absolute atomic E-state index is 13.1. The molecule has 1 aromatic rings. The summed E-state index contributed by atoms with van der Waals surface area (Å²) in [6.45, 7) is 14.0. The van der Waals surface area contributed by atoms with Crippen molar-refractivity contribution in [2.75, 3.05) is 13.2 Å². The van der Waals surface area contributed by atoms with Crippen LogP contribution >= 0.6 is 7.60 Å². The first-order valence-corrected chi connectivity index (χ1v) is 12.6. The van der Waals surface area contributed by atoms with Crippen LogP contribution in [-0.4, -0.2) is 18.0 Å². The SMILES string of the molecule is CCCCOP(=O)(O)C(NCC(CC)CCCC)c1ccc(C(C)(C)C)cc1. The van der Waals surface area contributed by atoms with Gasteiger partial charge >= 0.3 is 7.60 Å². The molecule has 4 nitrogen and oxygen atoms in total. The number of rotatable bonds is 13. The van der Waals surface area contributed by atoms with Gasteiger partial charge in [-0.2, -0.15) is 0 Å². The highest BCUT2D eigenvalue weighted by Gasteiger charge is 2.34. The minimum atomic E-state index is -3.81. The van der Waals surface area contributed by atoms with Crippen molar-refractivity contribution >= 4 is 7.60 Å². The molecule has 0 radical (unpaired) electrons. The monoisotopic (exact) mass is 411 g/mol. The van der Waals surface area contributed by atoms with E-state index in [-0.39, 0.29) is 5.41 Å². The van der Waals surface area contributed by atoms with E-state index < -0.39 is 13.4 Å². The second-order valence-corrected chi connectivity index (χ2v) is 10.8. The zero-order valence-electron chi connectivity index (χ0n) is 18.8. The third-order valence-corrected chi connectivity index (χ3v) is 7.02. The Bertz CT molecular complexity index is 595. The lowest BCUT2D eigenvalue weighted by atomic mass is 9.87. The van der Waals surface area contributed by atoms with E-state index in [0.717, 1.165) is 37.8 Å². The van der Waals surface area contributed by atoms with Crippen molar-refractivity contribution in [1.29, 1.82) is 0 Å². The van der Waals surface area contributed by atoms with Crippen LogP contribution in [0.4, 0.5) is 0 Å². The lowest BCUT2D eigenvalue weighted by molar-refractivity contribution is 0.240. The van der Waals surface area contributed by atoms with Crippen LogP contribution in [-0.2, 0) is 14.5 Å². The highest BCUT2D eigenvalue weighted by molar-refractivity contribution is 7.53. The molecule has 0 heterocycles. The van der Waals surface area contributed by atoms with Gasteiger partial charge in [0.1, 0.15) is 5.78 Å². The zero-order chi connectivity index (χ0) is 21.2. The highest BCUT2D eigenvalue weighted by Crippen LogP contribution is 2.55. The van der Waals surface area contributed by atoms with Gasteiger partial charge in [-0.3, -0.25) is 9.88 Å². The van der Waals surface area contributed by atoms with Crippen molar-refractivity contribution < 1.29 is 14.0 Å². The Labute approximate surface area is 173 Å². The maximum Gasteiger partial charge on any atom is 0.349 e. The van der Waals surface area contributed by atoms with E-state index >= 15 is 0 Å². The smallest absolute Gasteiger partial charge is 0.323 e. The van der Waals surface area contributed by atoms with Gasteiger partial charge < -0.3 is 9.42 Å². The first-order chi connectivity index (χ1) is 13.2. The molecule has 5 heteroatoms. The van der Waals surface area contributed by atoms with E-state index in [0.29, 0.717) is 12.5 Å². The lowest BCUT2D eigenvalue weighted by Gasteiger charge is -2.27. The molecule has 1 rings (SSSR count). The maximum atomic E-state index is 13.1. The van der Waals surface area contributed by atoms with Gasteiger partial charge in [-0.05, 0) is 41.8 Å². The van der Waals surface area contributed by atoms with Crippen LogP contribution in [0, 0.1) is 5.92 Å². The van der Waals surface area contributed by atoms with Crippen molar-refractivity contribution in [3.63, 3.8) is 0 Å². The van der Waals surface area contributed by atoms with Crippen LogP contribution in [0.5, 0.6) is 0 Å². The second-order valence-electron chi connectivity index (χ2n) is 8.85. The predicted octanol–water partition coefficient (Wildman–Crippen LogP) is 6.79. The molecular weight excluding hydrogens is 369 g/mol. The van der Waals surface area contributed by atoms with E-state index in [1.807, 2.05) is 19.1 Å². The van der Waals surface area contributed by atoms with Gasteiger partial charge in [0.15, 0.2) is 0 Å². The van der Waals surface area contributed by atoms with Gasteiger partial charge in [-0.15, -0.1) is 0 Å². The fourth-order valence-corrected chi connectivity index (χ4v) is 4.65. The van der Waals surface area contributed by atoms with Crippen LogP contribution in [0.25, 0.3) is 0 Å². The molecular formula is C23H42NO3P. The summed E-state index contributed by atoms with van der Waals surface area (Å²) in [4.78, 5) is 10.7. The molecule has 0 aromatic heterocycles. The van der Waals surface area contributed by atoms with E-state index in [4.69, 9.17) is 4.52 Å². The quantitative estimate of drug-likeness (QED) is 0.277. The topological polar surface area (TPSA) is 58.6 Å². The summed E-state index contributed by atoms with van der Waals surface area (Å²) in [7, 11) is -3.81. The molecule has 0 fully saturated rings. The Morgan fingerprint density at radius 1 is 1.07 bits per heavy atom. The van der Waals surface area contributed by atoms with Crippen molar-refractivity contribution in [2.24, 2.45) is 5.92 Å². The number of nitrogens with one attached hydrogen (secondary N) is 1. The third-order valence-electron chi connectivity index (χ3n) is 5.34. The average molecular weight is 412 g/mol. The molecule has 0 saturated carbocycles. The number of hydrogen-bond acceptors (Lipinski definition) is 3. The fraction of sp³-hybridized carbons (Fsp3) is 0.739. The second kappa shape index (κ2) is 12.1. The van der Waals surface area contributed by atoms with Crippen LogP contribution in [0.15, 0.2) is 24.3 Å². The summed E-state index contributed by atoms with van der Waals surface area (Å²) in [6.07, 6.45) is 6.29. The summed E-state index contributed by atoms with van der Waals surface area (Å²) >= 11 is 0. The van der Waals surface area contributed by atoms with Crippen LogP contribution < -0.4 is 5.32 Å². The Balaban J connectivity index is 3.01. The van der Waals surface area contributed by atoms with Crippen molar-refractivity contribution in [3.05, 3.63) is 35.4 Å². The summed E-state index contributed by atoms with van der Waals surface area (Å²) < 4.78 is 18.5. The molecule has 0 bridgehead atoms. The van der Waals surface area contributed by atoms with Crippen LogP contribution in [0.2, 0.25) is 0 Å². The first-order valence-electron chi connectivity index (χ1n) is 11.0. The van der Waals surface area contributed by atoms with E-state index in [9.17, 15) is 9.46 Å². The van der Waals surface area contributed by atoms with Crippen molar-refractivity contribution in [3.8, 4) is 0 Å². The van der Waals surface area contributed by atoms with Gasteiger partial charge in [-0.25, -0.2) is 0 Å². The van der Waals surface area contributed by atoms with E-state index in [1.165, 1.54) is 18.4 Å². The number of benzene rings is 1. The van der Waals surface area contributed by atoms with E-state index in [2.05, 4.69) is 52.1 Å². The van der Waals surface area contributed by atoms with Gasteiger partial charge in [0.25, 0.3) is 0 Å². The molecule has 162 valence electrons. The lowest BCUT2D eigenvalue weighted by Crippen LogP contribution is -2.28. The molecule has 28 heavy (non-hydrogen) atoms. The summed E-state index contributed by atoms with van der Waals surface area (Å²) in [6, 6.07) is 8.06. The Kier molecular flexibility index (Phi) is 11.0. The Morgan fingerprint density at radius 3 is 2.18 bits per heavy atom. The summed E-state index contributed by atoms with van der Waals surface area (Å²) in [5.74, 6) is -0.180. The van der Waals surface area contributed by atoms with Crippen LogP contribution in [0.1, 0.15) is 97.0 Å². The minimum Gasteiger partial charge on any atom is -0.323 e. The van der Waals surface area contributed by atoms with Gasteiger partial charge in [0.2, 0.25) is 0 Å². The summed E-state index contributed by atoms with van der Waals surface area (Å²) in [5, 5.41) is 3.38. The third kappa shape index (κ3) is 8.37. The molecule has 0 spiro atoms. The summed E-state index contributed by atoms with van der Waals surface area (Å²) in [5.41, 5.74) is 2.08. The Hall–Kier alpha value is -0.670. The molecule has 0 aliphatic rings. The molecule has 0 aliphatic carbocycles. The predicted molar refractivity (Wildman–Crippen MR) is 120 cm³/mol. The molecule has 0 amide bonds. The molecule has 3 atom stereocenters. The largest absolute Gasteiger partial charge is 0.349 e. The Morgan fingerprint density at radius 2 is 1.68 bits per heavy atom. The molecule has 0 saturated heterocycles. The fourth-order valence-electron chi connectivity index (χ4n) is 3.22. The zero-order valence-corrected chi connectivity index (χ0v) is 19.7. The first kappa shape index (κ1) is 25.4. The van der Waals surface area contributed by atoms with Gasteiger partial charge in [0.05, 0.1) is 6.61 Å². The van der Waals surface area contributed by atoms with E-state index in [1.54, 1.807) is 0 Å². The van der Waals surface area contributed by atoms with Crippen molar-refractivity contribution in [1.82, 2.24) is 5.32 Å². The van der Waals surface area contributed by atoms with Crippen LogP contribution in [0.3, 0.4) is 0 Å². The number of unbranched alkanes of at least 4 members (excludes halogenated alkanes) is 2. The van der Waals surface area contributed by atoms with Gasteiger partial charge in [0, 0.05) is 0 Å². The van der Waals surface area contributed by atoms with Crippen molar-refractivity contribution in [2.45, 2.75) is 91.3 Å². The molecule has 1 aromatic carbocycles.